The molecule has 5 aliphatic rings. The third-order valence-corrected chi connectivity index (χ3v) is 13.5. The number of hydrogen-bond donors (Lipinski definition) is 3. The second-order valence-electron chi connectivity index (χ2n) is 17.4. The summed E-state index contributed by atoms with van der Waals surface area (Å²) in [5, 5.41) is 26.7. The number of piperidine rings is 1. The van der Waals surface area contributed by atoms with Crippen molar-refractivity contribution >= 4 is 45.5 Å². The third-order valence-electron chi connectivity index (χ3n) is 13.5. The first kappa shape index (κ1) is 38.9. The second kappa shape index (κ2) is 14.6. The van der Waals surface area contributed by atoms with Crippen LogP contribution in [0.1, 0.15) is 98.3 Å². The molecule has 0 radical (unpaired) electrons. The average Bonchev–Trinajstić information content (AvgIpc) is 3.85. The highest BCUT2D eigenvalue weighted by Gasteiger charge is 2.53. The fourth-order valence-electron chi connectivity index (χ4n) is 10.1. The van der Waals surface area contributed by atoms with Crippen molar-refractivity contribution in [2.45, 2.75) is 94.2 Å². The number of imide groups is 1. The predicted octanol–water partition coefficient (Wildman–Crippen LogP) is 6.18. The van der Waals surface area contributed by atoms with Crippen molar-refractivity contribution < 1.29 is 28.3 Å². The molecule has 5 fully saturated rings. The number of piperazine rings is 1. The lowest BCUT2D eigenvalue weighted by Gasteiger charge is -2.58. The molecule has 306 valence electrons. The van der Waals surface area contributed by atoms with Gasteiger partial charge in [-0.25, -0.2) is 18.1 Å². The van der Waals surface area contributed by atoms with E-state index in [1.165, 1.54) is 22.8 Å². The van der Waals surface area contributed by atoms with Gasteiger partial charge in [-0.1, -0.05) is 0 Å². The van der Waals surface area contributed by atoms with Gasteiger partial charge in [0.2, 0.25) is 17.5 Å². The second-order valence-corrected chi connectivity index (χ2v) is 17.4. The Hall–Kier alpha value is -5.56. The number of aliphatic hydroxyl groups is 1. The Morgan fingerprint density at radius 2 is 1.69 bits per heavy atom. The third kappa shape index (κ3) is 7.06. The highest BCUT2D eigenvalue weighted by Crippen LogP contribution is 2.54. The van der Waals surface area contributed by atoms with E-state index in [9.17, 15) is 19.5 Å². The highest BCUT2D eigenvalue weighted by atomic mass is 19.1. The van der Waals surface area contributed by atoms with Gasteiger partial charge < -0.3 is 15.3 Å². The van der Waals surface area contributed by atoms with Crippen LogP contribution < -0.4 is 10.6 Å². The summed E-state index contributed by atoms with van der Waals surface area (Å²) in [6.45, 7) is 14.9. The molecule has 2 aliphatic heterocycles. The molecule has 2 aromatic carbocycles. The van der Waals surface area contributed by atoms with Crippen molar-refractivity contribution in [3.8, 4) is 0 Å². The summed E-state index contributed by atoms with van der Waals surface area (Å²) >= 11 is 0. The number of carbonyl (C=O) groups excluding carboxylic acids is 3. The van der Waals surface area contributed by atoms with Crippen molar-refractivity contribution in [2.24, 2.45) is 0 Å². The molecular weight excluding hydrogens is 757 g/mol. The summed E-state index contributed by atoms with van der Waals surface area (Å²) in [5.41, 5.74) is 2.19. The van der Waals surface area contributed by atoms with Gasteiger partial charge in [-0.2, -0.15) is 10.2 Å². The lowest BCUT2D eigenvalue weighted by molar-refractivity contribution is -0.134. The molecule has 2 bridgehead atoms. The average molecular weight is 804 g/mol. The number of nitrogens with one attached hydrogen (secondary N) is 2. The topological polar surface area (TPSA) is 141 Å². The number of benzene rings is 2. The SMILES string of the molecule is [C-]#[N+]c1cnn2c(C(=O)Nc3cc4cn(C56CCC(N7CCN(CCc8cc(F)c([C@H]9CCC(=O)NC9=O)c(F)c8)CC7)(CC5)CC6)nc4cc3C(C)(C)O)ccc2c1. The molecule has 3 N–H and O–H groups in total. The van der Waals surface area contributed by atoms with E-state index in [4.69, 9.17) is 11.7 Å². The maximum absolute atomic E-state index is 15.1. The van der Waals surface area contributed by atoms with Gasteiger partial charge in [0.1, 0.15) is 17.3 Å². The van der Waals surface area contributed by atoms with Crippen LogP contribution in [0.25, 0.3) is 21.3 Å². The first-order valence-electron chi connectivity index (χ1n) is 20.5. The maximum Gasteiger partial charge on any atom is 0.274 e. The van der Waals surface area contributed by atoms with Gasteiger partial charge >= 0.3 is 0 Å². The van der Waals surface area contributed by atoms with Crippen LogP contribution in [0, 0.1) is 18.2 Å². The smallest absolute Gasteiger partial charge is 0.274 e. The van der Waals surface area contributed by atoms with Gasteiger partial charge in [0.15, 0.2) is 0 Å². The Labute approximate surface area is 340 Å². The number of nitrogens with zero attached hydrogens (tertiary/aromatic N) is 7. The lowest BCUT2D eigenvalue weighted by Crippen LogP contribution is -2.63. The van der Waals surface area contributed by atoms with Crippen molar-refractivity contribution in [1.82, 2.24) is 34.5 Å². The van der Waals surface area contributed by atoms with E-state index in [-0.39, 0.29) is 35.4 Å². The molecule has 59 heavy (non-hydrogen) atoms. The largest absolute Gasteiger partial charge is 0.386 e. The van der Waals surface area contributed by atoms with Crippen LogP contribution in [0.4, 0.5) is 20.2 Å². The minimum Gasteiger partial charge on any atom is -0.386 e. The molecule has 3 aliphatic carbocycles. The molecule has 3 aromatic heterocycles. The van der Waals surface area contributed by atoms with Crippen molar-refractivity contribution in [1.29, 1.82) is 0 Å². The van der Waals surface area contributed by atoms with Crippen LogP contribution in [-0.2, 0) is 27.1 Å². The molecule has 1 atom stereocenters. The summed E-state index contributed by atoms with van der Waals surface area (Å²) in [5.74, 6) is -3.93. The van der Waals surface area contributed by atoms with Gasteiger partial charge in [-0.15, -0.1) is 0 Å². The van der Waals surface area contributed by atoms with Gasteiger partial charge in [-0.3, -0.25) is 29.3 Å². The summed E-state index contributed by atoms with van der Waals surface area (Å²) in [6.07, 6.45) is 10.3. The van der Waals surface area contributed by atoms with E-state index in [0.717, 1.165) is 75.6 Å². The molecule has 13 nitrogen and oxygen atoms in total. The van der Waals surface area contributed by atoms with Crippen LogP contribution in [0.2, 0.25) is 0 Å². The van der Waals surface area contributed by atoms with Crippen LogP contribution in [0.5, 0.6) is 0 Å². The Kier molecular flexibility index (Phi) is 9.64. The zero-order valence-electron chi connectivity index (χ0n) is 33.2. The molecule has 3 amide bonds. The van der Waals surface area contributed by atoms with Gasteiger partial charge in [-0.05, 0) is 113 Å². The number of fused-ring (bicyclic) bond motifs is 5. The van der Waals surface area contributed by atoms with E-state index in [1.807, 2.05) is 12.1 Å². The minimum absolute atomic E-state index is 0.0599. The van der Waals surface area contributed by atoms with E-state index in [1.54, 1.807) is 32.0 Å². The van der Waals surface area contributed by atoms with Gasteiger partial charge in [0.05, 0.1) is 40.9 Å². The lowest BCUT2D eigenvalue weighted by atomic mass is 9.60. The molecule has 0 unspecified atom stereocenters. The predicted molar refractivity (Wildman–Crippen MR) is 216 cm³/mol. The summed E-state index contributed by atoms with van der Waals surface area (Å²) in [6, 6.07) is 11.5. The molecule has 3 saturated carbocycles. The van der Waals surface area contributed by atoms with E-state index >= 15 is 8.78 Å². The van der Waals surface area contributed by atoms with Crippen LogP contribution in [0.3, 0.4) is 0 Å². The molecule has 5 aromatic rings. The Morgan fingerprint density at radius 1 is 1.00 bits per heavy atom. The molecule has 5 heterocycles. The van der Waals surface area contributed by atoms with E-state index in [2.05, 4.69) is 41.3 Å². The number of hydrogen-bond acceptors (Lipinski definition) is 8. The number of anilines is 1. The van der Waals surface area contributed by atoms with Crippen LogP contribution in [-0.4, -0.2) is 90.3 Å². The van der Waals surface area contributed by atoms with Crippen molar-refractivity contribution in [2.75, 3.05) is 38.0 Å². The standard InChI is InChI=1S/C44H47F2N9O4/c1-42(2,59)32-24-35-28(22-36(32)49-41(58)37-6-4-30-23-29(47-3)25-48-55(30)37)26-54(51-35)44-12-9-43(10-13-44,11-14-44)53-18-16-52(17-19-53)15-8-27-20-33(45)39(34(46)21-27)31-5-7-38(56)50-40(31)57/h4,6,20-26,31,59H,5,7-19H2,1-2H3,(H,49,58)(H,50,56,57)/t31-,43?,44?/m1/s1. The van der Waals surface area contributed by atoms with Gasteiger partial charge in [0.25, 0.3) is 5.91 Å². The number of rotatable bonds is 9. The summed E-state index contributed by atoms with van der Waals surface area (Å²) in [7, 11) is 0. The zero-order valence-corrected chi connectivity index (χ0v) is 33.2. The van der Waals surface area contributed by atoms with E-state index in [0.29, 0.717) is 46.7 Å². The number of carbonyl (C=O) groups is 3. The van der Waals surface area contributed by atoms with Crippen LogP contribution >= 0.6 is 0 Å². The maximum atomic E-state index is 15.1. The van der Waals surface area contributed by atoms with Crippen LogP contribution in [0.15, 0.2) is 54.9 Å². The first-order valence-corrected chi connectivity index (χ1v) is 20.5. The highest BCUT2D eigenvalue weighted by molar-refractivity contribution is 6.05. The van der Waals surface area contributed by atoms with Gasteiger partial charge in [0, 0.05) is 73.1 Å². The first-order chi connectivity index (χ1) is 28.2. The monoisotopic (exact) mass is 803 g/mol. The Morgan fingerprint density at radius 3 is 2.36 bits per heavy atom. The minimum atomic E-state index is -1.26. The van der Waals surface area contributed by atoms with Crippen molar-refractivity contribution in [3.63, 3.8) is 0 Å². The summed E-state index contributed by atoms with van der Waals surface area (Å²) < 4.78 is 33.9. The fourth-order valence-corrected chi connectivity index (χ4v) is 10.1. The molecule has 15 heteroatoms. The van der Waals surface area contributed by atoms with E-state index < -0.39 is 35.0 Å². The number of halogens is 2. The quantitative estimate of drug-likeness (QED) is 0.119. The molecule has 2 saturated heterocycles. The zero-order chi connectivity index (χ0) is 41.3. The summed E-state index contributed by atoms with van der Waals surface area (Å²) in [4.78, 5) is 45.8. The normalized spacial score (nSPS) is 24.1. The Bertz CT molecular complexity index is 2510. The molecule has 10 rings (SSSR count). The molecule has 0 spiro atoms. The molecular formula is C44H47F2N9O4. The fraction of sp³-hybridized carbons (Fsp3) is 0.455. The Balaban J connectivity index is 0.836. The number of aromatic nitrogens is 4. The number of amides is 3. The van der Waals surface area contributed by atoms with Crippen molar-refractivity contribution in [3.05, 3.63) is 100 Å².